The second-order valence-corrected chi connectivity index (χ2v) is 5.67. The standard InChI is InChI=1S/C17H23N2O/c1-20-17-9-7-15(8-10-17)13-18-11-12-19(14-18)16-5-3-2-4-6-16/h7-12,14,16H,2-6,13H2,1H3/q+1. The fourth-order valence-electron chi connectivity index (χ4n) is 3.04. The van der Waals surface area contributed by atoms with Crippen molar-refractivity contribution < 1.29 is 9.30 Å². The highest BCUT2D eigenvalue weighted by atomic mass is 16.5. The normalized spacial score (nSPS) is 16.2. The highest BCUT2D eigenvalue weighted by Crippen LogP contribution is 2.27. The molecule has 0 radical (unpaired) electrons. The van der Waals surface area contributed by atoms with Crippen molar-refractivity contribution in [2.45, 2.75) is 44.7 Å². The van der Waals surface area contributed by atoms with Gasteiger partial charge < -0.3 is 4.74 Å². The summed E-state index contributed by atoms with van der Waals surface area (Å²) in [5.74, 6) is 0.915. The summed E-state index contributed by atoms with van der Waals surface area (Å²) in [4.78, 5) is 0. The average molecular weight is 271 g/mol. The van der Waals surface area contributed by atoms with Crippen molar-refractivity contribution in [3.63, 3.8) is 0 Å². The molecule has 0 unspecified atom stereocenters. The molecule has 0 saturated heterocycles. The van der Waals surface area contributed by atoms with Crippen LogP contribution in [-0.2, 0) is 6.54 Å². The number of nitrogens with zero attached hydrogens (tertiary/aromatic N) is 2. The van der Waals surface area contributed by atoms with E-state index in [0.717, 1.165) is 12.3 Å². The van der Waals surface area contributed by atoms with Crippen LogP contribution in [0.1, 0.15) is 43.7 Å². The average Bonchev–Trinajstić information content (AvgIpc) is 2.97. The first-order valence-corrected chi connectivity index (χ1v) is 7.54. The summed E-state index contributed by atoms with van der Waals surface area (Å²) < 4.78 is 9.84. The number of methoxy groups -OCH3 is 1. The van der Waals surface area contributed by atoms with Crippen molar-refractivity contribution in [2.75, 3.05) is 7.11 Å². The Kier molecular flexibility index (Phi) is 4.05. The van der Waals surface area contributed by atoms with Gasteiger partial charge in [0.15, 0.2) is 0 Å². The molecule has 0 atom stereocenters. The molecule has 20 heavy (non-hydrogen) atoms. The number of imidazole rings is 1. The van der Waals surface area contributed by atoms with Gasteiger partial charge in [0.05, 0.1) is 7.11 Å². The van der Waals surface area contributed by atoms with Gasteiger partial charge in [0, 0.05) is 0 Å². The van der Waals surface area contributed by atoms with Crippen LogP contribution in [0, 0.1) is 0 Å². The van der Waals surface area contributed by atoms with E-state index in [1.165, 1.54) is 37.7 Å². The lowest BCUT2D eigenvalue weighted by Gasteiger charge is -2.18. The minimum atomic E-state index is 0.709. The van der Waals surface area contributed by atoms with E-state index in [1.54, 1.807) is 7.11 Å². The fraction of sp³-hybridized carbons (Fsp3) is 0.471. The van der Waals surface area contributed by atoms with Crippen LogP contribution < -0.4 is 9.30 Å². The Labute approximate surface area is 120 Å². The van der Waals surface area contributed by atoms with E-state index in [9.17, 15) is 0 Å². The van der Waals surface area contributed by atoms with Gasteiger partial charge in [0.25, 0.3) is 0 Å². The molecule has 1 aliphatic rings. The number of ether oxygens (including phenoxy) is 1. The summed E-state index contributed by atoms with van der Waals surface area (Å²) in [6.07, 6.45) is 13.5. The highest BCUT2D eigenvalue weighted by Gasteiger charge is 2.19. The van der Waals surface area contributed by atoms with Crippen LogP contribution in [-0.4, -0.2) is 11.7 Å². The SMILES string of the molecule is COc1ccc(C[n+]2ccn(C3CCCCC3)c2)cc1. The summed E-state index contributed by atoms with van der Waals surface area (Å²) >= 11 is 0. The maximum atomic E-state index is 5.19. The third-order valence-corrected chi connectivity index (χ3v) is 4.23. The van der Waals surface area contributed by atoms with Crippen LogP contribution in [0.3, 0.4) is 0 Å². The van der Waals surface area contributed by atoms with Crippen LogP contribution in [0.4, 0.5) is 0 Å². The predicted molar refractivity (Wildman–Crippen MR) is 78.8 cm³/mol. The largest absolute Gasteiger partial charge is 0.497 e. The third-order valence-electron chi connectivity index (χ3n) is 4.23. The first-order valence-electron chi connectivity index (χ1n) is 7.54. The van der Waals surface area contributed by atoms with Crippen LogP contribution >= 0.6 is 0 Å². The highest BCUT2D eigenvalue weighted by molar-refractivity contribution is 5.26. The van der Waals surface area contributed by atoms with Crippen molar-refractivity contribution in [1.29, 1.82) is 0 Å². The Morgan fingerprint density at radius 1 is 1.15 bits per heavy atom. The Balaban J connectivity index is 1.66. The predicted octanol–water partition coefficient (Wildman–Crippen LogP) is 3.34. The topological polar surface area (TPSA) is 18.0 Å². The molecule has 3 nitrogen and oxygen atoms in total. The van der Waals surface area contributed by atoms with E-state index in [-0.39, 0.29) is 0 Å². The summed E-state index contributed by atoms with van der Waals surface area (Å²) in [6, 6.07) is 9.01. The lowest BCUT2D eigenvalue weighted by molar-refractivity contribution is -0.688. The number of rotatable bonds is 4. The molecule has 0 amide bonds. The number of aromatic nitrogens is 2. The second-order valence-electron chi connectivity index (χ2n) is 5.67. The van der Waals surface area contributed by atoms with E-state index in [2.05, 4.69) is 40.0 Å². The van der Waals surface area contributed by atoms with E-state index >= 15 is 0 Å². The number of hydrogen-bond acceptors (Lipinski definition) is 1. The van der Waals surface area contributed by atoms with E-state index < -0.39 is 0 Å². The fourth-order valence-corrected chi connectivity index (χ4v) is 3.04. The van der Waals surface area contributed by atoms with Gasteiger partial charge >= 0.3 is 0 Å². The molecule has 106 valence electrons. The van der Waals surface area contributed by atoms with E-state index in [0.29, 0.717) is 6.04 Å². The Morgan fingerprint density at radius 3 is 2.60 bits per heavy atom. The quantitative estimate of drug-likeness (QED) is 0.780. The minimum Gasteiger partial charge on any atom is -0.497 e. The van der Waals surface area contributed by atoms with Crippen molar-refractivity contribution in [3.8, 4) is 5.75 Å². The first-order chi connectivity index (χ1) is 9.85. The Bertz CT molecular complexity index is 538. The van der Waals surface area contributed by atoms with Crippen LogP contribution in [0.5, 0.6) is 5.75 Å². The van der Waals surface area contributed by atoms with Crippen molar-refractivity contribution in [3.05, 3.63) is 48.5 Å². The molecule has 1 aromatic carbocycles. The maximum absolute atomic E-state index is 5.19. The summed E-state index contributed by atoms with van der Waals surface area (Å²) in [5.41, 5.74) is 1.30. The second kappa shape index (κ2) is 6.12. The minimum absolute atomic E-state index is 0.709. The van der Waals surface area contributed by atoms with Crippen molar-refractivity contribution in [1.82, 2.24) is 4.57 Å². The van der Waals surface area contributed by atoms with Gasteiger partial charge in [-0.15, -0.1) is 0 Å². The molecule has 0 spiro atoms. The first kappa shape index (κ1) is 13.2. The maximum Gasteiger partial charge on any atom is 0.244 e. The van der Waals surface area contributed by atoms with Crippen LogP contribution in [0.25, 0.3) is 0 Å². The van der Waals surface area contributed by atoms with E-state index in [4.69, 9.17) is 4.74 Å². The van der Waals surface area contributed by atoms with Crippen LogP contribution in [0.2, 0.25) is 0 Å². The van der Waals surface area contributed by atoms with Gasteiger partial charge in [-0.25, -0.2) is 9.13 Å². The van der Waals surface area contributed by atoms with Crippen molar-refractivity contribution in [2.24, 2.45) is 0 Å². The lowest BCUT2D eigenvalue weighted by Crippen LogP contribution is -2.32. The monoisotopic (exact) mass is 271 g/mol. The molecule has 3 rings (SSSR count). The zero-order valence-corrected chi connectivity index (χ0v) is 12.2. The van der Waals surface area contributed by atoms with Gasteiger partial charge in [-0.1, -0.05) is 18.6 Å². The van der Waals surface area contributed by atoms with Gasteiger partial charge in [-0.3, -0.25) is 0 Å². The Morgan fingerprint density at radius 2 is 1.90 bits per heavy atom. The number of benzene rings is 1. The number of hydrogen-bond donors (Lipinski definition) is 0. The lowest BCUT2D eigenvalue weighted by atomic mass is 9.95. The van der Waals surface area contributed by atoms with Crippen molar-refractivity contribution >= 4 is 0 Å². The summed E-state index contributed by atoms with van der Waals surface area (Å²) in [7, 11) is 1.70. The molecule has 0 N–H and O–H groups in total. The zero-order valence-electron chi connectivity index (χ0n) is 12.2. The summed E-state index contributed by atoms with van der Waals surface area (Å²) in [5, 5.41) is 0. The molecule has 1 saturated carbocycles. The molecule has 0 bridgehead atoms. The molecular weight excluding hydrogens is 248 g/mol. The smallest absolute Gasteiger partial charge is 0.244 e. The molecule has 0 aliphatic heterocycles. The molecule has 1 heterocycles. The zero-order chi connectivity index (χ0) is 13.8. The van der Waals surface area contributed by atoms with Gasteiger partial charge in [-0.05, 0) is 43.4 Å². The Hall–Kier alpha value is -1.77. The molecule has 2 aromatic rings. The van der Waals surface area contributed by atoms with Crippen LogP contribution in [0.15, 0.2) is 43.0 Å². The molecule has 3 heteroatoms. The molecule has 1 fully saturated rings. The molecule has 1 aliphatic carbocycles. The van der Waals surface area contributed by atoms with Gasteiger partial charge in [0.2, 0.25) is 6.33 Å². The van der Waals surface area contributed by atoms with E-state index in [1.807, 2.05) is 12.1 Å². The third kappa shape index (κ3) is 3.03. The molecular formula is C17H23N2O+. The summed E-state index contributed by atoms with van der Waals surface area (Å²) in [6.45, 7) is 0.920. The van der Waals surface area contributed by atoms with Gasteiger partial charge in [-0.2, -0.15) is 0 Å². The molecule has 1 aromatic heterocycles. The van der Waals surface area contributed by atoms with Gasteiger partial charge in [0.1, 0.15) is 30.7 Å².